The number of aliphatic hydroxyl groups excluding tert-OH is 5. The van der Waals surface area contributed by atoms with Gasteiger partial charge in [-0.2, -0.15) is 0 Å². The second-order valence-electron chi connectivity index (χ2n) is 27.0. The Bertz CT molecular complexity index is 3120. The molecule has 102 heavy (non-hydrogen) atoms. The molecule has 4 rings (SSSR count). The highest BCUT2D eigenvalue weighted by Gasteiger charge is 2.47. The minimum Gasteiger partial charge on any atom is -0.481 e. The molecule has 2 aromatic rings. The molecule has 1 unspecified atom stereocenters. The summed E-state index contributed by atoms with van der Waals surface area (Å²) in [5.41, 5.74) is 1.21. The maximum Gasteiger partial charge on any atom is 0.410 e. The van der Waals surface area contributed by atoms with Crippen LogP contribution in [0.1, 0.15) is 133 Å². The lowest BCUT2D eigenvalue weighted by Crippen LogP contribution is -2.60. The zero-order valence-electron chi connectivity index (χ0n) is 61.9. The highest BCUT2D eigenvalue weighted by molar-refractivity contribution is 5.99. The number of hydrogen-bond acceptors (Lipinski definition) is 21. The molecular weight excluding hydrogens is 1330 g/mol. The summed E-state index contributed by atoms with van der Waals surface area (Å²) in [7, 11) is 5.96. The van der Waals surface area contributed by atoms with Crippen molar-refractivity contribution in [1.82, 2.24) is 46.6 Å². The Balaban J connectivity index is 1.42. The molecule has 2 fully saturated rings. The molecule has 13 N–H and O–H groups in total. The van der Waals surface area contributed by atoms with Crippen LogP contribution in [-0.4, -0.2) is 257 Å². The van der Waals surface area contributed by atoms with Gasteiger partial charge in [-0.15, -0.1) is 0 Å². The number of likely N-dealkylation sites (N-methyl/N-ethyl adjacent to an activating group) is 2. The second-order valence-corrected chi connectivity index (χ2v) is 27.0. The molecule has 32 heteroatoms. The van der Waals surface area contributed by atoms with Crippen molar-refractivity contribution >= 4 is 70.9 Å². The summed E-state index contributed by atoms with van der Waals surface area (Å²) >= 11 is 0. The monoisotopic (exact) mass is 1440 g/mol. The quantitative estimate of drug-likeness (QED) is 0.0431. The molecule has 2 aliphatic rings. The van der Waals surface area contributed by atoms with Gasteiger partial charge in [0, 0.05) is 61.3 Å². The predicted molar refractivity (Wildman–Crippen MR) is 369 cm³/mol. The van der Waals surface area contributed by atoms with E-state index < -0.39 is 201 Å². The molecule has 0 radical (unpaired) electrons. The summed E-state index contributed by atoms with van der Waals surface area (Å²) in [5, 5.41) is 78.9. The van der Waals surface area contributed by atoms with Gasteiger partial charge in [0.15, 0.2) is 6.29 Å². The van der Waals surface area contributed by atoms with Crippen LogP contribution in [0.15, 0.2) is 54.6 Å². The standard InChI is InChI=1S/C70H110N10O22/c1-15-40(8)58(48(98-13)32-53(85)80-31-19-22-47(80)63(99-14)41(9)64(92)73-42(10)59(88)44-20-17-16-18-21-44)78(11)68(96)56(38(4)5)77-67(95)57(39(6)7)79(12)70(97)101-35-43-23-25-45(26-24-43)74-65(93)46(36-100-69-62(91)61(90)60(89)49(34-81)102-69)75-66(94)55(37(2)3)76-51(83)29-30-71-52(84)33-72-50(82)27-28-54(86)87/h16-18,20-21,23-26,37-42,46-49,55-63,69,81,88-91H,15,19,22,27-36H2,1-14H3,(H,71,84)(H,72,82)(H,73,92)(H,74,93)(H,75,94)(H,76,83)(H,77,95)(H,86,87)/t40-,41+,42+,46-,47-,48+,49+,55-,56-,57-,58-,59+,60+,61-,62+,63+,69+/m0/s1/i27T/t27?,40-,41+,42+,46-,47-,48+,49+,55-,56-,57-,58-,59+,60+,61-,62+,63+,69+. The molecule has 10 amide bonds. The van der Waals surface area contributed by atoms with E-state index in [1.807, 2.05) is 19.9 Å². The van der Waals surface area contributed by atoms with Gasteiger partial charge in [0.2, 0.25) is 53.2 Å². The van der Waals surface area contributed by atoms with Crippen molar-refractivity contribution < 1.29 is 108 Å². The first-order valence-corrected chi connectivity index (χ1v) is 34.5. The number of aliphatic hydroxyl groups is 5. The van der Waals surface area contributed by atoms with Crippen LogP contribution in [0.5, 0.6) is 0 Å². The van der Waals surface area contributed by atoms with Crippen LogP contribution in [0.2, 0.25) is 0 Å². The van der Waals surface area contributed by atoms with Crippen LogP contribution in [0, 0.1) is 29.6 Å². The fourth-order valence-electron chi connectivity index (χ4n) is 12.3. The summed E-state index contributed by atoms with van der Waals surface area (Å²) in [4.78, 5) is 152. The van der Waals surface area contributed by atoms with Crippen LogP contribution >= 0.6 is 0 Å². The lowest BCUT2D eigenvalue weighted by molar-refractivity contribution is -0.301. The van der Waals surface area contributed by atoms with E-state index in [9.17, 15) is 78.3 Å². The minimum absolute atomic E-state index is 0.124. The van der Waals surface area contributed by atoms with E-state index >= 15 is 0 Å². The van der Waals surface area contributed by atoms with Crippen molar-refractivity contribution in [2.45, 2.75) is 212 Å². The molecule has 2 heterocycles. The average molecular weight is 1450 g/mol. The van der Waals surface area contributed by atoms with E-state index in [4.69, 9.17) is 30.2 Å². The van der Waals surface area contributed by atoms with Crippen molar-refractivity contribution in [2.75, 3.05) is 66.5 Å². The van der Waals surface area contributed by atoms with Crippen LogP contribution in [0.4, 0.5) is 10.5 Å². The molecule has 0 saturated carbocycles. The molecule has 0 aromatic heterocycles. The Kier molecular flexibility index (Phi) is 34.9. The molecule has 0 spiro atoms. The molecular formula is C70H110N10O22. The molecule has 2 aromatic carbocycles. The number of hydrogen-bond donors (Lipinski definition) is 13. The first-order valence-electron chi connectivity index (χ1n) is 35.1. The average Bonchev–Trinajstić information content (AvgIpc) is 1.76. The van der Waals surface area contributed by atoms with Gasteiger partial charge < -0.3 is 101 Å². The van der Waals surface area contributed by atoms with E-state index in [-0.39, 0.29) is 49.4 Å². The highest BCUT2D eigenvalue weighted by Crippen LogP contribution is 2.31. The fraction of sp³-hybridized carbons (Fsp3) is 0.671. The fourth-order valence-corrected chi connectivity index (χ4v) is 12.3. The van der Waals surface area contributed by atoms with Gasteiger partial charge in [-0.1, -0.05) is 111 Å². The van der Waals surface area contributed by atoms with Crippen LogP contribution < -0.4 is 37.2 Å². The lowest BCUT2D eigenvalue weighted by atomic mass is 9.89. The van der Waals surface area contributed by atoms with Crippen molar-refractivity contribution in [2.24, 2.45) is 29.6 Å². The van der Waals surface area contributed by atoms with E-state index in [1.165, 1.54) is 50.4 Å². The minimum atomic E-state index is -1.89. The van der Waals surface area contributed by atoms with Gasteiger partial charge >= 0.3 is 12.1 Å². The molecule has 572 valence electrons. The number of anilines is 1. The van der Waals surface area contributed by atoms with Crippen molar-refractivity contribution in [3.05, 3.63) is 65.7 Å². The molecule has 18 atom stereocenters. The zero-order valence-corrected chi connectivity index (χ0v) is 60.9. The smallest absolute Gasteiger partial charge is 0.410 e. The number of nitrogens with one attached hydrogen (secondary N) is 7. The summed E-state index contributed by atoms with van der Waals surface area (Å²) < 4.78 is 36.4. The molecule has 2 aliphatic heterocycles. The van der Waals surface area contributed by atoms with E-state index in [2.05, 4.69) is 37.2 Å². The van der Waals surface area contributed by atoms with E-state index in [0.717, 1.165) is 4.90 Å². The Labute approximate surface area is 597 Å². The normalized spacial score (nSPS) is 21.2. The number of rotatable bonds is 40. The molecule has 0 aliphatic carbocycles. The predicted octanol–water partition coefficient (Wildman–Crippen LogP) is 0.447. The number of benzene rings is 2. The van der Waals surface area contributed by atoms with Gasteiger partial charge in [0.1, 0.15) is 55.2 Å². The van der Waals surface area contributed by atoms with Crippen LogP contribution in [-0.2, 0) is 78.2 Å². The largest absolute Gasteiger partial charge is 0.481 e. The van der Waals surface area contributed by atoms with Gasteiger partial charge in [-0.05, 0) is 66.7 Å². The zero-order chi connectivity index (χ0) is 77.3. The number of carboxylic acid groups (broad SMARTS) is 1. The van der Waals surface area contributed by atoms with Gasteiger partial charge in [-0.3, -0.25) is 52.8 Å². The summed E-state index contributed by atoms with van der Waals surface area (Å²) in [6.45, 7) is 15.1. The van der Waals surface area contributed by atoms with E-state index in [0.29, 0.717) is 36.9 Å². The van der Waals surface area contributed by atoms with E-state index in [1.54, 1.807) is 91.6 Å². The summed E-state index contributed by atoms with van der Waals surface area (Å²) in [5.74, 6) is -9.92. The summed E-state index contributed by atoms with van der Waals surface area (Å²) in [6.07, 6.45) is -13.1. The number of carboxylic acids is 1. The maximum absolute atomic E-state index is 14.9. The SMILES string of the molecule is [3H]C(CC(=O)O)C(=O)NCC(=O)NCCC(=O)N[C@H](C(=O)N[C@@H](CO[C@@H]1O[C@H](CO)[C@@H](O)[C@H](O)[C@H]1O)C(=O)Nc1ccc(COC(=O)N(C)[C@H](C(=O)N[C@H](C(=O)N(C)[C@@H]([C@@H](C)CC)[C@@H](CC(=O)N2CCC[C@H]2[C@H](OC)[C@@H](C)C(=O)N[C@H](C)[C@@H](O)c2ccccc2)OC)C(C)C)C(C)C)cc1)C(C)C. The van der Waals surface area contributed by atoms with Gasteiger partial charge in [-0.25, -0.2) is 4.79 Å². The number of methoxy groups -OCH3 is 2. The maximum atomic E-state index is 14.9. The third-order valence-electron chi connectivity index (χ3n) is 18.4. The van der Waals surface area contributed by atoms with Crippen molar-refractivity contribution in [3.63, 3.8) is 0 Å². The third kappa shape index (κ3) is 25.2. The highest BCUT2D eigenvalue weighted by atomic mass is 16.7. The third-order valence-corrected chi connectivity index (χ3v) is 18.4. The van der Waals surface area contributed by atoms with Crippen LogP contribution in [0.25, 0.3) is 0 Å². The first kappa shape index (κ1) is 84.7. The number of aliphatic carboxylic acids is 1. The first-order chi connectivity index (χ1) is 48.5. The number of ether oxygens (including phenoxy) is 5. The Morgan fingerprint density at radius 2 is 1.36 bits per heavy atom. The number of carbonyl (C=O) groups excluding carboxylic acids is 10. The van der Waals surface area contributed by atoms with Gasteiger partial charge in [0.25, 0.3) is 0 Å². The Morgan fingerprint density at radius 1 is 0.716 bits per heavy atom. The van der Waals surface area contributed by atoms with Crippen molar-refractivity contribution in [1.29, 1.82) is 0 Å². The lowest BCUT2D eigenvalue weighted by Gasteiger charge is -2.41. The summed E-state index contributed by atoms with van der Waals surface area (Å²) in [6, 6.07) is 7.90. The molecule has 2 saturated heterocycles. The number of likely N-dealkylation sites (tertiary alicyclic amines) is 1. The number of carbonyl (C=O) groups is 11. The molecule has 0 bridgehead atoms. The van der Waals surface area contributed by atoms with Gasteiger partial charge in [0.05, 0.1) is 75.0 Å². The Hall–Kier alpha value is -7.95. The second kappa shape index (κ2) is 42.0. The molecule has 32 nitrogen and oxygen atoms in total. The number of nitrogens with zero attached hydrogens (tertiary/aromatic N) is 3. The van der Waals surface area contributed by atoms with Crippen LogP contribution in [0.3, 0.4) is 0 Å². The van der Waals surface area contributed by atoms with Crippen molar-refractivity contribution in [3.8, 4) is 0 Å². The topological polar surface area (TPSA) is 449 Å². The Morgan fingerprint density at radius 3 is 1.94 bits per heavy atom. The number of amides is 10.